The van der Waals surface area contributed by atoms with Crippen molar-refractivity contribution in [3.63, 3.8) is 0 Å². The summed E-state index contributed by atoms with van der Waals surface area (Å²) in [5, 5.41) is 0. The van der Waals surface area contributed by atoms with E-state index in [4.69, 9.17) is 0 Å². The second-order valence-corrected chi connectivity index (χ2v) is 5.03. The summed E-state index contributed by atoms with van der Waals surface area (Å²) < 4.78 is 0. The number of hydrogen-bond acceptors (Lipinski definition) is 2. The molecule has 0 radical (unpaired) electrons. The first-order chi connectivity index (χ1) is 9.06. The molecule has 0 heterocycles. The molecule has 2 heteroatoms. The van der Waals surface area contributed by atoms with Crippen molar-refractivity contribution in [2.75, 3.05) is 19.0 Å². The molecule has 0 fully saturated rings. The van der Waals surface area contributed by atoms with E-state index in [1.165, 1.54) is 16.8 Å². The summed E-state index contributed by atoms with van der Waals surface area (Å²) in [5.41, 5.74) is 5.79. The van der Waals surface area contributed by atoms with Crippen LogP contribution in [-0.2, 0) is 0 Å². The molecule has 0 aliphatic carbocycles. The van der Waals surface area contributed by atoms with Gasteiger partial charge in [0.1, 0.15) is 0 Å². The summed E-state index contributed by atoms with van der Waals surface area (Å²) in [6.07, 6.45) is 1.92. The Balaban J connectivity index is 2.20. The maximum atomic E-state index is 4.57. The molecule has 0 bridgehead atoms. The molecule has 0 saturated heterocycles. The van der Waals surface area contributed by atoms with Crippen molar-refractivity contribution in [2.24, 2.45) is 4.99 Å². The lowest BCUT2D eigenvalue weighted by Gasteiger charge is -2.11. The standard InChI is InChI=1S/C17H20N2/c1-13-5-6-14(2)17(11-13)18-12-15-7-9-16(10-8-15)19(3)4/h5-12H,1-4H3. The molecular formula is C17H20N2. The van der Waals surface area contributed by atoms with E-state index in [-0.39, 0.29) is 0 Å². The molecule has 19 heavy (non-hydrogen) atoms. The molecular weight excluding hydrogens is 232 g/mol. The molecule has 0 saturated carbocycles. The van der Waals surface area contributed by atoms with Crippen LogP contribution in [0, 0.1) is 13.8 Å². The third-order valence-corrected chi connectivity index (χ3v) is 3.13. The van der Waals surface area contributed by atoms with Gasteiger partial charge in [0, 0.05) is 26.0 Å². The molecule has 0 amide bonds. The minimum absolute atomic E-state index is 1.04. The first-order valence-corrected chi connectivity index (χ1v) is 6.45. The fourth-order valence-electron chi connectivity index (χ4n) is 1.86. The normalized spacial score (nSPS) is 10.9. The largest absolute Gasteiger partial charge is 0.378 e. The smallest absolute Gasteiger partial charge is 0.0661 e. The Hall–Kier alpha value is -2.09. The van der Waals surface area contributed by atoms with E-state index in [2.05, 4.69) is 66.2 Å². The van der Waals surface area contributed by atoms with Gasteiger partial charge in [0.05, 0.1) is 5.69 Å². The Morgan fingerprint density at radius 1 is 0.947 bits per heavy atom. The second-order valence-electron chi connectivity index (χ2n) is 5.03. The summed E-state index contributed by atoms with van der Waals surface area (Å²) in [7, 11) is 4.08. The van der Waals surface area contributed by atoms with Crippen LogP contribution in [-0.4, -0.2) is 20.3 Å². The van der Waals surface area contributed by atoms with Crippen molar-refractivity contribution in [3.05, 3.63) is 59.2 Å². The lowest BCUT2D eigenvalue weighted by atomic mass is 10.1. The summed E-state index contributed by atoms with van der Waals surface area (Å²) >= 11 is 0. The lowest BCUT2D eigenvalue weighted by Crippen LogP contribution is -2.08. The van der Waals surface area contributed by atoms with Crippen LogP contribution in [0.3, 0.4) is 0 Å². The van der Waals surface area contributed by atoms with Crippen LogP contribution < -0.4 is 4.90 Å². The topological polar surface area (TPSA) is 15.6 Å². The number of benzene rings is 2. The zero-order chi connectivity index (χ0) is 13.8. The molecule has 0 aromatic heterocycles. The molecule has 0 atom stereocenters. The van der Waals surface area contributed by atoms with Gasteiger partial charge >= 0.3 is 0 Å². The monoisotopic (exact) mass is 252 g/mol. The highest BCUT2D eigenvalue weighted by Gasteiger charge is 1.97. The van der Waals surface area contributed by atoms with Crippen molar-refractivity contribution < 1.29 is 0 Å². The molecule has 0 unspecified atom stereocenters. The quantitative estimate of drug-likeness (QED) is 0.750. The molecule has 2 aromatic carbocycles. The molecule has 0 spiro atoms. The Kier molecular flexibility index (Phi) is 4.00. The van der Waals surface area contributed by atoms with Crippen molar-refractivity contribution in [2.45, 2.75) is 13.8 Å². The Morgan fingerprint density at radius 2 is 1.63 bits per heavy atom. The van der Waals surface area contributed by atoms with Crippen molar-refractivity contribution in [1.29, 1.82) is 0 Å². The van der Waals surface area contributed by atoms with Crippen molar-refractivity contribution >= 4 is 17.6 Å². The minimum Gasteiger partial charge on any atom is -0.378 e. The van der Waals surface area contributed by atoms with E-state index in [0.717, 1.165) is 11.3 Å². The predicted molar refractivity (Wildman–Crippen MR) is 83.9 cm³/mol. The Labute approximate surface area is 115 Å². The van der Waals surface area contributed by atoms with Gasteiger partial charge in [-0.1, -0.05) is 24.3 Å². The number of aryl methyl sites for hydroxylation is 2. The van der Waals surface area contributed by atoms with Gasteiger partial charge in [0.15, 0.2) is 0 Å². The van der Waals surface area contributed by atoms with Crippen molar-refractivity contribution in [3.8, 4) is 0 Å². The Morgan fingerprint density at radius 3 is 2.26 bits per heavy atom. The second kappa shape index (κ2) is 5.70. The van der Waals surface area contributed by atoms with Gasteiger partial charge < -0.3 is 4.90 Å². The van der Waals surface area contributed by atoms with Crippen LogP contribution in [0.1, 0.15) is 16.7 Å². The van der Waals surface area contributed by atoms with Crippen LogP contribution in [0.5, 0.6) is 0 Å². The van der Waals surface area contributed by atoms with Crippen LogP contribution >= 0.6 is 0 Å². The zero-order valence-corrected chi connectivity index (χ0v) is 12.0. The summed E-state index contributed by atoms with van der Waals surface area (Å²) in [6, 6.07) is 14.7. The van der Waals surface area contributed by atoms with Crippen LogP contribution in [0.2, 0.25) is 0 Å². The molecule has 0 N–H and O–H groups in total. The lowest BCUT2D eigenvalue weighted by molar-refractivity contribution is 1.13. The number of anilines is 1. The number of hydrogen-bond donors (Lipinski definition) is 0. The third kappa shape index (κ3) is 3.44. The first-order valence-electron chi connectivity index (χ1n) is 6.45. The van der Waals surface area contributed by atoms with E-state index in [9.17, 15) is 0 Å². The van der Waals surface area contributed by atoms with Crippen LogP contribution in [0.15, 0.2) is 47.5 Å². The predicted octanol–water partition coefficient (Wildman–Crippen LogP) is 4.12. The molecule has 0 aliphatic heterocycles. The van der Waals surface area contributed by atoms with Gasteiger partial charge in [-0.25, -0.2) is 0 Å². The first kappa shape index (κ1) is 13.3. The van der Waals surface area contributed by atoms with Crippen molar-refractivity contribution in [1.82, 2.24) is 0 Å². The molecule has 2 aromatic rings. The van der Waals surface area contributed by atoms with Gasteiger partial charge in [-0.2, -0.15) is 0 Å². The number of nitrogens with zero attached hydrogens (tertiary/aromatic N) is 2. The van der Waals surface area contributed by atoms with E-state index in [1.807, 2.05) is 20.3 Å². The summed E-state index contributed by atoms with van der Waals surface area (Å²) in [5.74, 6) is 0. The van der Waals surface area contributed by atoms with E-state index < -0.39 is 0 Å². The summed E-state index contributed by atoms with van der Waals surface area (Å²) in [6.45, 7) is 4.17. The van der Waals surface area contributed by atoms with E-state index >= 15 is 0 Å². The summed E-state index contributed by atoms with van der Waals surface area (Å²) in [4.78, 5) is 6.66. The highest BCUT2D eigenvalue weighted by atomic mass is 15.1. The average Bonchev–Trinajstić information content (AvgIpc) is 2.40. The van der Waals surface area contributed by atoms with Crippen LogP contribution in [0.25, 0.3) is 0 Å². The fourth-order valence-corrected chi connectivity index (χ4v) is 1.86. The number of aliphatic imine (C=N–C) groups is 1. The molecule has 2 rings (SSSR count). The highest BCUT2D eigenvalue weighted by molar-refractivity contribution is 5.83. The highest BCUT2D eigenvalue weighted by Crippen LogP contribution is 2.20. The SMILES string of the molecule is Cc1ccc(C)c(N=Cc2ccc(N(C)C)cc2)c1. The fraction of sp³-hybridized carbons (Fsp3) is 0.235. The zero-order valence-electron chi connectivity index (χ0n) is 12.0. The van der Waals surface area contributed by atoms with Gasteiger partial charge in [0.25, 0.3) is 0 Å². The van der Waals surface area contributed by atoms with Gasteiger partial charge in [-0.15, -0.1) is 0 Å². The third-order valence-electron chi connectivity index (χ3n) is 3.13. The molecule has 2 nitrogen and oxygen atoms in total. The van der Waals surface area contributed by atoms with Gasteiger partial charge in [-0.3, -0.25) is 4.99 Å². The van der Waals surface area contributed by atoms with Crippen LogP contribution in [0.4, 0.5) is 11.4 Å². The van der Waals surface area contributed by atoms with Gasteiger partial charge in [0.2, 0.25) is 0 Å². The maximum absolute atomic E-state index is 4.57. The number of rotatable bonds is 3. The minimum atomic E-state index is 1.04. The van der Waals surface area contributed by atoms with Gasteiger partial charge in [-0.05, 0) is 48.7 Å². The average molecular weight is 252 g/mol. The molecule has 0 aliphatic rings. The Bertz CT molecular complexity index is 581. The maximum Gasteiger partial charge on any atom is 0.0661 e. The van der Waals surface area contributed by atoms with E-state index in [0.29, 0.717) is 0 Å². The molecule has 98 valence electrons. The van der Waals surface area contributed by atoms with E-state index in [1.54, 1.807) is 0 Å².